The van der Waals surface area contributed by atoms with E-state index in [9.17, 15) is 45.1 Å². The summed E-state index contributed by atoms with van der Waals surface area (Å²) in [6.45, 7) is 1.99. The van der Waals surface area contributed by atoms with Crippen LogP contribution in [0.4, 0.5) is 36.4 Å². The van der Waals surface area contributed by atoms with Crippen molar-refractivity contribution in [2.45, 2.75) is 31.4 Å². The van der Waals surface area contributed by atoms with E-state index >= 15 is 0 Å². The number of halogens is 9. The first-order chi connectivity index (χ1) is 16.4. The van der Waals surface area contributed by atoms with Gasteiger partial charge < -0.3 is 10.2 Å². The van der Waals surface area contributed by atoms with Gasteiger partial charge in [-0.25, -0.2) is 4.39 Å². The SMILES string of the molecule is CCN(C)C(=O)C(=O)Cc1cccc(C(=O)Nc2c(Br)cc(C(F)(C(F)(F)F)C(F)(F)F)cc2Br)c1. The molecule has 196 valence electrons. The molecule has 14 heteroatoms. The number of alkyl halides is 7. The van der Waals surface area contributed by atoms with Gasteiger partial charge in [-0.05, 0) is 68.6 Å². The smallest absolute Gasteiger partial charge is 0.339 e. The standard InChI is InChI=1S/C22H17Br2F7N2O3/c1-3-33(2)19(36)16(34)8-11-5-4-6-12(7-11)18(35)32-17-14(23)9-13(10-15(17)24)20(25,21(26,27)28)22(29,30)31/h4-7,9-10H,3,8H2,1-2H3,(H,32,35). The summed E-state index contributed by atoms with van der Waals surface area (Å²) in [7, 11) is 1.45. The summed E-state index contributed by atoms with van der Waals surface area (Å²) in [6, 6.07) is 6.08. The van der Waals surface area contributed by atoms with Gasteiger partial charge in [0.15, 0.2) is 0 Å². The summed E-state index contributed by atoms with van der Waals surface area (Å²) in [5, 5.41) is 2.30. The van der Waals surface area contributed by atoms with Crippen LogP contribution in [-0.2, 0) is 21.7 Å². The summed E-state index contributed by atoms with van der Waals surface area (Å²) in [6.07, 6.45) is -12.9. The molecule has 0 aliphatic rings. The van der Waals surface area contributed by atoms with Crippen LogP contribution in [0.5, 0.6) is 0 Å². The van der Waals surface area contributed by atoms with E-state index in [1.54, 1.807) is 6.92 Å². The van der Waals surface area contributed by atoms with Crippen molar-refractivity contribution in [3.63, 3.8) is 0 Å². The zero-order valence-electron chi connectivity index (χ0n) is 18.5. The molecule has 0 bridgehead atoms. The molecule has 0 spiro atoms. The van der Waals surface area contributed by atoms with Crippen molar-refractivity contribution in [2.75, 3.05) is 18.9 Å². The largest absolute Gasteiger partial charge is 0.435 e. The van der Waals surface area contributed by atoms with Gasteiger partial charge in [0.25, 0.3) is 11.8 Å². The lowest BCUT2D eigenvalue weighted by Crippen LogP contribution is -2.50. The van der Waals surface area contributed by atoms with Crippen molar-refractivity contribution in [3.8, 4) is 0 Å². The maximum atomic E-state index is 14.4. The molecule has 2 aromatic carbocycles. The van der Waals surface area contributed by atoms with Gasteiger partial charge in [0.05, 0.1) is 5.69 Å². The fourth-order valence-corrected chi connectivity index (χ4v) is 4.39. The number of nitrogens with one attached hydrogen (secondary N) is 1. The van der Waals surface area contributed by atoms with E-state index < -0.39 is 50.1 Å². The number of carbonyl (C=O) groups excluding carboxylic acids is 3. The molecule has 36 heavy (non-hydrogen) atoms. The number of hydrogen-bond donors (Lipinski definition) is 1. The Balaban J connectivity index is 2.34. The molecule has 1 N–H and O–H groups in total. The van der Waals surface area contributed by atoms with Crippen molar-refractivity contribution in [2.24, 2.45) is 0 Å². The van der Waals surface area contributed by atoms with Crippen LogP contribution < -0.4 is 5.32 Å². The predicted octanol–water partition coefficient (Wildman–Crippen LogP) is 6.34. The minimum Gasteiger partial charge on any atom is -0.339 e. The topological polar surface area (TPSA) is 66.5 Å². The number of rotatable bonds is 7. The Morgan fingerprint density at radius 2 is 1.44 bits per heavy atom. The molecular weight excluding hydrogens is 633 g/mol. The molecule has 0 aromatic heterocycles. The minimum atomic E-state index is -6.31. The van der Waals surface area contributed by atoms with Crippen LogP contribution in [0.1, 0.15) is 28.4 Å². The maximum Gasteiger partial charge on any atom is 0.435 e. The summed E-state index contributed by atoms with van der Waals surface area (Å²) in [5.74, 6) is -2.28. The number of amides is 2. The van der Waals surface area contributed by atoms with Crippen LogP contribution >= 0.6 is 31.9 Å². The minimum absolute atomic E-state index is 0.0232. The molecule has 0 aliphatic carbocycles. The predicted molar refractivity (Wildman–Crippen MR) is 123 cm³/mol. The van der Waals surface area contributed by atoms with E-state index in [1.165, 1.54) is 36.2 Å². The summed E-state index contributed by atoms with van der Waals surface area (Å²) < 4.78 is 92.0. The lowest BCUT2D eigenvalue weighted by atomic mass is 9.94. The van der Waals surface area contributed by atoms with Gasteiger partial charge >= 0.3 is 18.0 Å². The molecule has 0 saturated carbocycles. The number of benzene rings is 2. The van der Waals surface area contributed by atoms with E-state index in [1.807, 2.05) is 0 Å². The van der Waals surface area contributed by atoms with Crippen molar-refractivity contribution < 1.29 is 45.1 Å². The van der Waals surface area contributed by atoms with Gasteiger partial charge in [0.2, 0.25) is 5.78 Å². The molecule has 2 rings (SSSR count). The number of carbonyl (C=O) groups is 3. The molecule has 0 saturated heterocycles. The Hall–Kier alpha value is -2.48. The Morgan fingerprint density at radius 1 is 0.917 bits per heavy atom. The number of hydrogen-bond acceptors (Lipinski definition) is 3. The molecule has 0 aliphatic heterocycles. The van der Waals surface area contributed by atoms with Gasteiger partial charge in [-0.1, -0.05) is 12.1 Å². The molecule has 2 aromatic rings. The zero-order chi connectivity index (χ0) is 27.6. The molecule has 0 atom stereocenters. The second-order valence-electron chi connectivity index (χ2n) is 7.54. The van der Waals surface area contributed by atoms with E-state index in [0.717, 1.165) is 0 Å². The Bertz CT molecular complexity index is 1150. The normalized spacial score (nSPS) is 12.3. The Kier molecular flexibility index (Phi) is 8.98. The first-order valence-electron chi connectivity index (χ1n) is 9.94. The van der Waals surface area contributed by atoms with Gasteiger partial charge in [-0.15, -0.1) is 0 Å². The highest BCUT2D eigenvalue weighted by Crippen LogP contribution is 2.54. The van der Waals surface area contributed by atoms with E-state index in [-0.39, 0.29) is 29.8 Å². The van der Waals surface area contributed by atoms with E-state index in [4.69, 9.17) is 0 Å². The maximum absolute atomic E-state index is 14.4. The van der Waals surface area contributed by atoms with E-state index in [2.05, 4.69) is 37.2 Å². The molecule has 0 radical (unpaired) electrons. The number of likely N-dealkylation sites (N-methyl/N-ethyl adjacent to an activating group) is 1. The van der Waals surface area contributed by atoms with Gasteiger partial charge in [0.1, 0.15) is 0 Å². The quantitative estimate of drug-likeness (QED) is 0.281. The lowest BCUT2D eigenvalue weighted by molar-refractivity contribution is -0.348. The highest BCUT2D eigenvalue weighted by Gasteiger charge is 2.73. The van der Waals surface area contributed by atoms with Crippen molar-refractivity contribution >= 4 is 55.1 Å². The first kappa shape index (κ1) is 29.7. The van der Waals surface area contributed by atoms with Crippen LogP contribution in [0.3, 0.4) is 0 Å². The van der Waals surface area contributed by atoms with Crippen LogP contribution in [0.25, 0.3) is 0 Å². The highest BCUT2D eigenvalue weighted by molar-refractivity contribution is 9.11. The van der Waals surface area contributed by atoms with Crippen LogP contribution in [0.15, 0.2) is 45.3 Å². The van der Waals surface area contributed by atoms with Crippen LogP contribution in [0, 0.1) is 0 Å². The number of ketones is 1. The second-order valence-corrected chi connectivity index (χ2v) is 9.25. The zero-order valence-corrected chi connectivity index (χ0v) is 21.6. The van der Waals surface area contributed by atoms with Crippen LogP contribution in [-0.4, -0.2) is 48.4 Å². The van der Waals surface area contributed by atoms with Crippen LogP contribution in [0.2, 0.25) is 0 Å². The highest BCUT2D eigenvalue weighted by atomic mass is 79.9. The Morgan fingerprint density at radius 3 is 1.92 bits per heavy atom. The third-order valence-corrected chi connectivity index (χ3v) is 6.32. The first-order valence-corrected chi connectivity index (χ1v) is 11.5. The third kappa shape index (κ3) is 6.07. The average Bonchev–Trinajstić information content (AvgIpc) is 2.78. The van der Waals surface area contributed by atoms with Crippen molar-refractivity contribution in [1.29, 1.82) is 0 Å². The molecule has 5 nitrogen and oxygen atoms in total. The second kappa shape index (κ2) is 10.9. The monoisotopic (exact) mass is 648 g/mol. The fourth-order valence-electron chi connectivity index (χ4n) is 3.01. The average molecular weight is 650 g/mol. The molecule has 0 fully saturated rings. The summed E-state index contributed by atoms with van der Waals surface area (Å²) >= 11 is 5.55. The molecule has 0 unspecified atom stereocenters. The third-order valence-electron chi connectivity index (χ3n) is 5.07. The number of anilines is 1. The molecular formula is C22H17Br2F7N2O3. The summed E-state index contributed by atoms with van der Waals surface area (Å²) in [4.78, 5) is 38.0. The Labute approximate surface area is 217 Å². The molecule has 0 heterocycles. The number of Topliss-reactive ketones (excluding diaryl/α,β-unsaturated/α-hetero) is 1. The number of nitrogens with zero attached hydrogens (tertiary/aromatic N) is 1. The molecule has 2 amide bonds. The van der Waals surface area contributed by atoms with Gasteiger partial charge in [-0.3, -0.25) is 14.4 Å². The summed E-state index contributed by atoms with van der Waals surface area (Å²) in [5.41, 5.74) is -7.38. The lowest BCUT2D eigenvalue weighted by Gasteiger charge is -2.31. The van der Waals surface area contributed by atoms with Crippen molar-refractivity contribution in [3.05, 3.63) is 62.0 Å². The van der Waals surface area contributed by atoms with Gasteiger partial charge in [0, 0.05) is 40.1 Å². The van der Waals surface area contributed by atoms with E-state index in [0.29, 0.717) is 12.1 Å². The fraction of sp³-hybridized carbons (Fsp3) is 0.318. The van der Waals surface area contributed by atoms with Gasteiger partial charge in [-0.2, -0.15) is 26.3 Å². The van der Waals surface area contributed by atoms with Crippen molar-refractivity contribution in [1.82, 2.24) is 4.90 Å².